The van der Waals surface area contributed by atoms with E-state index in [2.05, 4.69) is 9.97 Å². The van der Waals surface area contributed by atoms with Crippen LogP contribution >= 0.6 is 11.6 Å². The Labute approximate surface area is 123 Å². The Kier molecular flexibility index (Phi) is 4.35. The van der Waals surface area contributed by atoms with Gasteiger partial charge in [0.05, 0.1) is 12.2 Å². The Bertz CT molecular complexity index is 629. The number of benzene rings is 1. The van der Waals surface area contributed by atoms with Crippen LogP contribution in [0.15, 0.2) is 30.6 Å². The monoisotopic (exact) mass is 289 g/mol. The molecule has 0 atom stereocenters. The average Bonchev–Trinajstić information content (AvgIpc) is 2.43. The summed E-state index contributed by atoms with van der Waals surface area (Å²) in [4.78, 5) is 22.0. The smallest absolute Gasteiger partial charge is 0.224 e. The predicted molar refractivity (Wildman–Crippen MR) is 79.8 cm³/mol. The van der Waals surface area contributed by atoms with Crippen LogP contribution < -0.4 is 4.90 Å². The van der Waals surface area contributed by atoms with E-state index in [0.29, 0.717) is 17.4 Å². The highest BCUT2D eigenvalue weighted by Crippen LogP contribution is 2.31. The number of aryl methyl sites for hydroxylation is 1. The SMILES string of the molecule is CC(=O)N(Cc1ncccn1)c1c(C)ccc(Cl)c1C. The first-order valence-electron chi connectivity index (χ1n) is 6.30. The van der Waals surface area contributed by atoms with Crippen molar-refractivity contribution in [3.63, 3.8) is 0 Å². The first kappa shape index (κ1) is 14.5. The Hall–Kier alpha value is -1.94. The van der Waals surface area contributed by atoms with E-state index >= 15 is 0 Å². The van der Waals surface area contributed by atoms with Crippen molar-refractivity contribution >= 4 is 23.2 Å². The van der Waals surface area contributed by atoms with E-state index in [1.54, 1.807) is 23.4 Å². The molecule has 0 saturated carbocycles. The van der Waals surface area contributed by atoms with Gasteiger partial charge in [-0.1, -0.05) is 17.7 Å². The number of carbonyl (C=O) groups is 1. The highest BCUT2D eigenvalue weighted by atomic mass is 35.5. The molecule has 1 aromatic heterocycles. The van der Waals surface area contributed by atoms with Crippen molar-refractivity contribution in [3.05, 3.63) is 52.6 Å². The summed E-state index contributed by atoms with van der Waals surface area (Å²) in [6, 6.07) is 5.50. The fourth-order valence-corrected chi connectivity index (χ4v) is 2.28. The summed E-state index contributed by atoms with van der Waals surface area (Å²) < 4.78 is 0. The lowest BCUT2D eigenvalue weighted by molar-refractivity contribution is -0.116. The van der Waals surface area contributed by atoms with Crippen molar-refractivity contribution in [1.29, 1.82) is 0 Å². The van der Waals surface area contributed by atoms with Crippen LogP contribution in [0.4, 0.5) is 5.69 Å². The van der Waals surface area contributed by atoms with E-state index in [9.17, 15) is 4.79 Å². The zero-order chi connectivity index (χ0) is 14.7. The molecule has 1 heterocycles. The summed E-state index contributed by atoms with van der Waals surface area (Å²) in [6.45, 7) is 5.73. The Balaban J connectivity index is 2.45. The first-order chi connectivity index (χ1) is 9.50. The number of carbonyl (C=O) groups excluding carboxylic acids is 1. The van der Waals surface area contributed by atoms with Gasteiger partial charge in [-0.05, 0) is 37.1 Å². The highest BCUT2D eigenvalue weighted by Gasteiger charge is 2.19. The molecule has 5 heteroatoms. The molecular weight excluding hydrogens is 274 g/mol. The van der Waals surface area contributed by atoms with Gasteiger partial charge >= 0.3 is 0 Å². The van der Waals surface area contributed by atoms with Gasteiger partial charge in [-0.15, -0.1) is 0 Å². The second-order valence-electron chi connectivity index (χ2n) is 4.61. The van der Waals surface area contributed by atoms with E-state index in [1.807, 2.05) is 26.0 Å². The van der Waals surface area contributed by atoms with Crippen LogP contribution in [-0.2, 0) is 11.3 Å². The topological polar surface area (TPSA) is 46.1 Å². The van der Waals surface area contributed by atoms with Crippen LogP contribution in [0.2, 0.25) is 5.02 Å². The summed E-state index contributed by atoms with van der Waals surface area (Å²) in [5.41, 5.74) is 2.72. The number of amides is 1. The van der Waals surface area contributed by atoms with Gasteiger partial charge in [-0.2, -0.15) is 0 Å². The minimum Gasteiger partial charge on any atom is -0.304 e. The molecular formula is C15H16ClN3O. The molecule has 0 aliphatic carbocycles. The fourth-order valence-electron chi connectivity index (χ4n) is 2.13. The number of hydrogen-bond donors (Lipinski definition) is 0. The quantitative estimate of drug-likeness (QED) is 0.871. The molecule has 1 aromatic carbocycles. The third-order valence-corrected chi connectivity index (χ3v) is 3.54. The van der Waals surface area contributed by atoms with E-state index in [0.717, 1.165) is 16.8 Å². The van der Waals surface area contributed by atoms with Crippen LogP contribution in [0.1, 0.15) is 23.9 Å². The molecule has 104 valence electrons. The number of anilines is 1. The number of nitrogens with zero attached hydrogens (tertiary/aromatic N) is 3. The molecule has 0 bridgehead atoms. The van der Waals surface area contributed by atoms with Crippen molar-refractivity contribution in [2.75, 3.05) is 4.90 Å². The summed E-state index contributed by atoms with van der Waals surface area (Å²) >= 11 is 6.17. The third kappa shape index (κ3) is 2.96. The maximum Gasteiger partial charge on any atom is 0.224 e. The van der Waals surface area contributed by atoms with Crippen LogP contribution in [-0.4, -0.2) is 15.9 Å². The lowest BCUT2D eigenvalue weighted by atomic mass is 10.1. The summed E-state index contributed by atoms with van der Waals surface area (Å²) in [7, 11) is 0. The lowest BCUT2D eigenvalue weighted by Crippen LogP contribution is -2.30. The molecule has 0 radical (unpaired) electrons. The van der Waals surface area contributed by atoms with Crippen molar-refractivity contribution < 1.29 is 4.79 Å². The van der Waals surface area contributed by atoms with E-state index in [-0.39, 0.29) is 5.91 Å². The normalized spacial score (nSPS) is 10.4. The van der Waals surface area contributed by atoms with Gasteiger partial charge in [0.2, 0.25) is 5.91 Å². The Morgan fingerprint density at radius 2 is 1.90 bits per heavy atom. The summed E-state index contributed by atoms with van der Waals surface area (Å²) in [6.07, 6.45) is 3.33. The van der Waals surface area contributed by atoms with Crippen molar-refractivity contribution in [1.82, 2.24) is 9.97 Å². The summed E-state index contributed by atoms with van der Waals surface area (Å²) in [5.74, 6) is 0.535. The predicted octanol–water partition coefficient (Wildman–Crippen LogP) is 3.30. The van der Waals surface area contributed by atoms with Gasteiger partial charge in [0, 0.05) is 24.3 Å². The number of hydrogen-bond acceptors (Lipinski definition) is 3. The van der Waals surface area contributed by atoms with E-state index < -0.39 is 0 Å². The number of halogens is 1. The van der Waals surface area contributed by atoms with Gasteiger partial charge in [-0.3, -0.25) is 4.79 Å². The maximum absolute atomic E-state index is 12.0. The molecule has 0 unspecified atom stereocenters. The van der Waals surface area contributed by atoms with Gasteiger partial charge in [0.25, 0.3) is 0 Å². The Morgan fingerprint density at radius 1 is 1.25 bits per heavy atom. The van der Waals surface area contributed by atoms with Gasteiger partial charge < -0.3 is 4.90 Å². The van der Waals surface area contributed by atoms with E-state index in [1.165, 1.54) is 6.92 Å². The highest BCUT2D eigenvalue weighted by molar-refractivity contribution is 6.31. The Morgan fingerprint density at radius 3 is 2.50 bits per heavy atom. The van der Waals surface area contributed by atoms with Gasteiger partial charge in [-0.25, -0.2) is 9.97 Å². The second-order valence-corrected chi connectivity index (χ2v) is 5.02. The molecule has 20 heavy (non-hydrogen) atoms. The molecule has 0 aliphatic heterocycles. The minimum atomic E-state index is -0.0640. The van der Waals surface area contributed by atoms with Gasteiger partial charge in [0.1, 0.15) is 5.82 Å². The van der Waals surface area contributed by atoms with Crippen molar-refractivity contribution in [2.24, 2.45) is 0 Å². The van der Waals surface area contributed by atoms with Crippen LogP contribution in [0.3, 0.4) is 0 Å². The largest absolute Gasteiger partial charge is 0.304 e. The molecule has 1 amide bonds. The molecule has 4 nitrogen and oxygen atoms in total. The van der Waals surface area contributed by atoms with Crippen LogP contribution in [0.25, 0.3) is 0 Å². The minimum absolute atomic E-state index is 0.0640. The molecule has 0 aliphatic rings. The first-order valence-corrected chi connectivity index (χ1v) is 6.68. The van der Waals surface area contributed by atoms with Crippen LogP contribution in [0, 0.1) is 13.8 Å². The molecule has 0 N–H and O–H groups in total. The molecule has 0 fully saturated rings. The molecule has 0 spiro atoms. The van der Waals surface area contributed by atoms with Crippen molar-refractivity contribution in [3.8, 4) is 0 Å². The zero-order valence-corrected chi connectivity index (χ0v) is 12.5. The van der Waals surface area contributed by atoms with Crippen LogP contribution in [0.5, 0.6) is 0 Å². The average molecular weight is 290 g/mol. The molecule has 2 aromatic rings. The molecule has 2 rings (SSSR count). The number of aromatic nitrogens is 2. The number of rotatable bonds is 3. The second kappa shape index (κ2) is 6.01. The lowest BCUT2D eigenvalue weighted by Gasteiger charge is -2.25. The van der Waals surface area contributed by atoms with E-state index in [4.69, 9.17) is 11.6 Å². The third-order valence-electron chi connectivity index (χ3n) is 3.14. The zero-order valence-electron chi connectivity index (χ0n) is 11.7. The van der Waals surface area contributed by atoms with Crippen molar-refractivity contribution in [2.45, 2.75) is 27.3 Å². The standard InChI is InChI=1S/C15H16ClN3O/c1-10-5-6-13(16)11(2)15(10)19(12(3)20)9-14-17-7-4-8-18-14/h4-8H,9H2,1-3H3. The maximum atomic E-state index is 12.0. The van der Waals surface area contributed by atoms with Gasteiger partial charge in [0.15, 0.2) is 0 Å². The fraction of sp³-hybridized carbons (Fsp3) is 0.267. The summed E-state index contributed by atoms with van der Waals surface area (Å²) in [5, 5.41) is 0.644. The molecule has 0 saturated heterocycles.